The number of aromatic nitrogens is 2. The number of fused-ring (bicyclic) bond motifs is 1. The van der Waals surface area contributed by atoms with Gasteiger partial charge in [0.2, 0.25) is 0 Å². The molecule has 0 atom stereocenters. The predicted molar refractivity (Wildman–Crippen MR) is 111 cm³/mol. The SMILES string of the molecule is Cc1ccn2c(NC3CCCCC3)c(-c3cccc(OS(C)(=O)=O)c3)nc2c1. The standard InChI is InChI=1S/C21H25N3O3S/c1-15-11-12-24-19(13-15)23-20(21(24)22-17-8-4-3-5-9-17)16-7-6-10-18(14-16)27-28(2,25)26/h6-7,10-14,17,22H,3-5,8-9H2,1-2H3. The van der Waals surface area contributed by atoms with Gasteiger partial charge in [0.25, 0.3) is 0 Å². The highest BCUT2D eigenvalue weighted by Crippen LogP contribution is 2.33. The first-order chi connectivity index (χ1) is 13.4. The van der Waals surface area contributed by atoms with E-state index in [4.69, 9.17) is 9.17 Å². The Kier molecular flexibility index (Phi) is 5.02. The van der Waals surface area contributed by atoms with Crippen LogP contribution < -0.4 is 9.50 Å². The molecule has 148 valence electrons. The van der Waals surface area contributed by atoms with E-state index in [9.17, 15) is 8.42 Å². The van der Waals surface area contributed by atoms with Gasteiger partial charge in [0.15, 0.2) is 0 Å². The molecule has 0 amide bonds. The molecule has 3 aromatic rings. The third kappa shape index (κ3) is 4.14. The third-order valence-corrected chi connectivity index (χ3v) is 5.58. The summed E-state index contributed by atoms with van der Waals surface area (Å²) in [5.41, 5.74) is 3.63. The first-order valence-corrected chi connectivity index (χ1v) is 11.5. The van der Waals surface area contributed by atoms with E-state index in [2.05, 4.69) is 15.8 Å². The topological polar surface area (TPSA) is 72.7 Å². The molecule has 4 rings (SSSR count). The maximum absolute atomic E-state index is 11.5. The predicted octanol–water partition coefficient (Wildman–Crippen LogP) is 4.39. The number of hydrogen-bond donors (Lipinski definition) is 1. The minimum atomic E-state index is -3.58. The molecule has 28 heavy (non-hydrogen) atoms. The Morgan fingerprint density at radius 1 is 1.14 bits per heavy atom. The summed E-state index contributed by atoms with van der Waals surface area (Å²) < 4.78 is 30.1. The zero-order chi connectivity index (χ0) is 19.7. The van der Waals surface area contributed by atoms with Crippen LogP contribution >= 0.6 is 0 Å². The second kappa shape index (κ2) is 7.47. The van der Waals surface area contributed by atoms with Crippen molar-refractivity contribution in [3.05, 3.63) is 48.2 Å². The van der Waals surface area contributed by atoms with Gasteiger partial charge >= 0.3 is 10.1 Å². The van der Waals surface area contributed by atoms with Crippen LogP contribution in [0.25, 0.3) is 16.9 Å². The van der Waals surface area contributed by atoms with Crippen LogP contribution in [0.2, 0.25) is 0 Å². The van der Waals surface area contributed by atoms with Gasteiger partial charge < -0.3 is 9.50 Å². The fourth-order valence-corrected chi connectivity index (χ4v) is 4.25. The normalized spacial score (nSPS) is 15.6. The molecule has 0 bridgehead atoms. The van der Waals surface area contributed by atoms with E-state index in [1.54, 1.807) is 18.2 Å². The van der Waals surface area contributed by atoms with Gasteiger partial charge in [0, 0.05) is 17.8 Å². The highest BCUT2D eigenvalue weighted by molar-refractivity contribution is 7.86. The Bertz CT molecular complexity index is 1100. The smallest absolute Gasteiger partial charge is 0.306 e. The van der Waals surface area contributed by atoms with Crippen molar-refractivity contribution in [2.45, 2.75) is 45.1 Å². The molecule has 2 heterocycles. The molecule has 1 aromatic carbocycles. The number of aryl methyl sites for hydroxylation is 1. The van der Waals surface area contributed by atoms with Gasteiger partial charge in [-0.2, -0.15) is 8.42 Å². The van der Waals surface area contributed by atoms with Gasteiger partial charge in [-0.15, -0.1) is 0 Å². The molecule has 2 aromatic heterocycles. The minimum absolute atomic E-state index is 0.289. The first kappa shape index (κ1) is 18.8. The summed E-state index contributed by atoms with van der Waals surface area (Å²) in [7, 11) is -3.58. The summed E-state index contributed by atoms with van der Waals surface area (Å²) in [5, 5.41) is 3.70. The Hall–Kier alpha value is -2.54. The van der Waals surface area contributed by atoms with Gasteiger partial charge in [-0.25, -0.2) is 4.98 Å². The quantitative estimate of drug-likeness (QED) is 0.644. The molecule has 0 spiro atoms. The molecular formula is C21H25N3O3S. The number of hydrogen-bond acceptors (Lipinski definition) is 5. The second-order valence-electron chi connectivity index (χ2n) is 7.54. The summed E-state index contributed by atoms with van der Waals surface area (Å²) in [5.74, 6) is 1.23. The Labute approximate surface area is 165 Å². The molecule has 0 aliphatic heterocycles. The van der Waals surface area contributed by atoms with Crippen molar-refractivity contribution >= 4 is 21.6 Å². The molecule has 7 heteroatoms. The van der Waals surface area contributed by atoms with E-state index < -0.39 is 10.1 Å². The van der Waals surface area contributed by atoms with Crippen LogP contribution in [-0.4, -0.2) is 30.1 Å². The van der Waals surface area contributed by atoms with Crippen LogP contribution in [0.3, 0.4) is 0 Å². The van der Waals surface area contributed by atoms with E-state index in [0.29, 0.717) is 6.04 Å². The van der Waals surface area contributed by atoms with E-state index >= 15 is 0 Å². The van der Waals surface area contributed by atoms with Crippen molar-refractivity contribution in [2.75, 3.05) is 11.6 Å². The number of anilines is 1. The van der Waals surface area contributed by atoms with E-state index in [1.807, 2.05) is 25.3 Å². The number of benzene rings is 1. The van der Waals surface area contributed by atoms with Crippen molar-refractivity contribution < 1.29 is 12.6 Å². The van der Waals surface area contributed by atoms with Crippen LogP contribution in [0.5, 0.6) is 5.75 Å². The Morgan fingerprint density at radius 2 is 1.93 bits per heavy atom. The summed E-state index contributed by atoms with van der Waals surface area (Å²) in [6.07, 6.45) is 9.14. The lowest BCUT2D eigenvalue weighted by Crippen LogP contribution is -2.23. The van der Waals surface area contributed by atoms with Gasteiger partial charge in [0.1, 0.15) is 22.9 Å². The lowest BCUT2D eigenvalue weighted by molar-refractivity contribution is 0.462. The molecule has 1 fully saturated rings. The van der Waals surface area contributed by atoms with Crippen molar-refractivity contribution in [3.8, 4) is 17.0 Å². The average Bonchev–Trinajstić information content (AvgIpc) is 2.99. The third-order valence-electron chi connectivity index (χ3n) is 5.08. The molecule has 1 N–H and O–H groups in total. The molecule has 1 aliphatic rings. The zero-order valence-corrected chi connectivity index (χ0v) is 17.0. The Morgan fingerprint density at radius 3 is 2.68 bits per heavy atom. The van der Waals surface area contributed by atoms with Crippen molar-refractivity contribution in [1.82, 2.24) is 9.38 Å². The van der Waals surface area contributed by atoms with Crippen molar-refractivity contribution in [3.63, 3.8) is 0 Å². The fraction of sp³-hybridized carbons (Fsp3) is 0.381. The van der Waals surface area contributed by atoms with Crippen molar-refractivity contribution in [2.24, 2.45) is 0 Å². The highest BCUT2D eigenvalue weighted by Gasteiger charge is 2.20. The molecule has 1 saturated carbocycles. The molecule has 0 radical (unpaired) electrons. The van der Waals surface area contributed by atoms with Crippen molar-refractivity contribution in [1.29, 1.82) is 0 Å². The summed E-state index contributed by atoms with van der Waals surface area (Å²) in [6.45, 7) is 2.04. The summed E-state index contributed by atoms with van der Waals surface area (Å²) in [6, 6.07) is 11.6. The second-order valence-corrected chi connectivity index (χ2v) is 9.11. The molecule has 0 unspecified atom stereocenters. The largest absolute Gasteiger partial charge is 0.383 e. The lowest BCUT2D eigenvalue weighted by atomic mass is 9.95. The van der Waals surface area contributed by atoms with Crippen LogP contribution in [0, 0.1) is 6.92 Å². The van der Waals surface area contributed by atoms with Crippen LogP contribution in [0.15, 0.2) is 42.6 Å². The maximum atomic E-state index is 11.5. The molecular weight excluding hydrogens is 374 g/mol. The zero-order valence-electron chi connectivity index (χ0n) is 16.2. The van der Waals surface area contributed by atoms with Crippen LogP contribution in [-0.2, 0) is 10.1 Å². The molecule has 1 aliphatic carbocycles. The van der Waals surface area contributed by atoms with E-state index in [1.165, 1.54) is 19.3 Å². The lowest BCUT2D eigenvalue weighted by Gasteiger charge is -2.24. The highest BCUT2D eigenvalue weighted by atomic mass is 32.2. The average molecular weight is 400 g/mol. The number of imidazole rings is 1. The maximum Gasteiger partial charge on any atom is 0.306 e. The fourth-order valence-electron chi connectivity index (χ4n) is 3.80. The number of nitrogens with one attached hydrogen (secondary N) is 1. The van der Waals surface area contributed by atoms with Crippen LogP contribution in [0.1, 0.15) is 37.7 Å². The first-order valence-electron chi connectivity index (χ1n) is 9.64. The van der Waals surface area contributed by atoms with E-state index in [0.717, 1.165) is 47.4 Å². The van der Waals surface area contributed by atoms with Crippen LogP contribution in [0.4, 0.5) is 5.82 Å². The Balaban J connectivity index is 1.79. The molecule has 6 nitrogen and oxygen atoms in total. The number of nitrogens with zero attached hydrogens (tertiary/aromatic N) is 2. The number of pyridine rings is 1. The minimum Gasteiger partial charge on any atom is -0.383 e. The number of rotatable bonds is 5. The van der Waals surface area contributed by atoms with Gasteiger partial charge in [0.05, 0.1) is 6.26 Å². The van der Waals surface area contributed by atoms with E-state index in [-0.39, 0.29) is 5.75 Å². The summed E-state index contributed by atoms with van der Waals surface area (Å²) >= 11 is 0. The van der Waals surface area contributed by atoms with Gasteiger partial charge in [-0.1, -0.05) is 31.4 Å². The summed E-state index contributed by atoms with van der Waals surface area (Å²) in [4.78, 5) is 4.84. The monoisotopic (exact) mass is 399 g/mol. The van der Waals surface area contributed by atoms with Gasteiger partial charge in [-0.3, -0.25) is 4.40 Å². The van der Waals surface area contributed by atoms with Gasteiger partial charge in [-0.05, 0) is 49.6 Å². The molecule has 0 saturated heterocycles.